The van der Waals surface area contributed by atoms with Crippen molar-refractivity contribution in [2.75, 3.05) is 17.3 Å². The van der Waals surface area contributed by atoms with Crippen molar-refractivity contribution < 1.29 is 19.1 Å². The summed E-state index contributed by atoms with van der Waals surface area (Å²) in [6.07, 6.45) is 0. The highest BCUT2D eigenvalue weighted by atomic mass is 79.9. The maximum absolute atomic E-state index is 13.9. The zero-order chi connectivity index (χ0) is 28.0. The van der Waals surface area contributed by atoms with Crippen molar-refractivity contribution >= 4 is 68.1 Å². The van der Waals surface area contributed by atoms with E-state index in [0.29, 0.717) is 27.0 Å². The molecule has 1 fully saturated rings. The second-order valence-electron chi connectivity index (χ2n) is 9.34. The van der Waals surface area contributed by atoms with E-state index < -0.39 is 17.1 Å². The molecule has 0 saturated carbocycles. The van der Waals surface area contributed by atoms with Crippen LogP contribution in [-0.4, -0.2) is 34.6 Å². The first-order chi connectivity index (χ1) is 19.4. The first-order valence-electron chi connectivity index (χ1n) is 12.4. The summed E-state index contributed by atoms with van der Waals surface area (Å²) in [5, 5.41) is 2.62. The summed E-state index contributed by atoms with van der Waals surface area (Å²) >= 11 is 5.68. The van der Waals surface area contributed by atoms with E-state index in [0.717, 1.165) is 21.4 Å². The molecule has 40 heavy (non-hydrogen) atoms. The molecule has 3 aromatic carbocycles. The van der Waals surface area contributed by atoms with Crippen molar-refractivity contribution in [3.05, 3.63) is 103 Å². The van der Waals surface area contributed by atoms with Gasteiger partial charge in [0.15, 0.2) is 0 Å². The zero-order valence-corrected chi connectivity index (χ0v) is 24.3. The summed E-state index contributed by atoms with van der Waals surface area (Å²) in [5.74, 6) is -1.54. The number of para-hydroxylation sites is 1. The number of benzene rings is 3. The van der Waals surface area contributed by atoms with Crippen LogP contribution in [0.25, 0.3) is 0 Å². The molecule has 0 aliphatic carbocycles. The number of thiazole rings is 1. The first-order valence-corrected chi connectivity index (χ1v) is 14.9. The van der Waals surface area contributed by atoms with Gasteiger partial charge in [0.1, 0.15) is 17.5 Å². The molecule has 202 valence electrons. The lowest BCUT2D eigenvalue weighted by Crippen LogP contribution is -2.33. The van der Waals surface area contributed by atoms with Gasteiger partial charge < -0.3 is 10.1 Å². The molecule has 2 aliphatic rings. The topological polar surface area (TPSA) is 97.7 Å². The third kappa shape index (κ3) is 4.67. The summed E-state index contributed by atoms with van der Waals surface area (Å²) in [7, 11) is 1.56. The second kappa shape index (κ2) is 10.7. The third-order valence-electron chi connectivity index (χ3n) is 6.97. The fourth-order valence-corrected chi connectivity index (χ4v) is 8.17. The standard InChI is InChI=1S/C29H22BrN3O5S2/c1-38-20-13-11-18(12-14-20)31-21(34)15-32-28-25(40-29(32)37)22(16-7-9-17(30)10-8-16)23-24(39-28)27(36)33(26(23)35)19-5-3-2-4-6-19/h2-14,22-24H,15H2,1H3,(H,31,34)/t22-,23?,24?/m1/s1. The number of anilines is 2. The van der Waals surface area contributed by atoms with E-state index in [1.54, 1.807) is 55.6 Å². The zero-order valence-electron chi connectivity index (χ0n) is 21.1. The highest BCUT2D eigenvalue weighted by Gasteiger charge is 2.56. The fraction of sp³-hybridized carbons (Fsp3) is 0.172. The number of thioether (sulfide) groups is 1. The molecule has 8 nitrogen and oxygen atoms in total. The van der Waals surface area contributed by atoms with Crippen LogP contribution >= 0.6 is 39.0 Å². The number of halogens is 1. The Labute approximate surface area is 246 Å². The average molecular weight is 637 g/mol. The lowest BCUT2D eigenvalue weighted by atomic mass is 9.83. The Bertz CT molecular complexity index is 1670. The maximum atomic E-state index is 13.9. The molecular formula is C29H22BrN3O5S2. The number of amides is 3. The minimum absolute atomic E-state index is 0.224. The Morgan fingerprint density at radius 2 is 1.65 bits per heavy atom. The van der Waals surface area contributed by atoms with Crippen molar-refractivity contribution in [3.63, 3.8) is 0 Å². The van der Waals surface area contributed by atoms with Gasteiger partial charge in [-0.15, -0.1) is 0 Å². The molecular weight excluding hydrogens is 614 g/mol. The van der Waals surface area contributed by atoms with Crippen LogP contribution in [0.4, 0.5) is 11.4 Å². The average Bonchev–Trinajstić information content (AvgIpc) is 3.40. The number of hydrogen-bond donors (Lipinski definition) is 1. The summed E-state index contributed by atoms with van der Waals surface area (Å²) in [6.45, 7) is -0.224. The number of methoxy groups -OCH3 is 1. The van der Waals surface area contributed by atoms with Gasteiger partial charge in [0, 0.05) is 21.0 Å². The second-order valence-corrected chi connectivity index (χ2v) is 12.4. The van der Waals surface area contributed by atoms with Gasteiger partial charge in [-0.05, 0) is 54.1 Å². The number of nitrogens with zero attached hydrogens (tertiary/aromatic N) is 2. The number of carbonyl (C=O) groups excluding carboxylic acids is 3. The molecule has 0 radical (unpaired) electrons. The molecule has 2 unspecified atom stereocenters. The SMILES string of the molecule is COc1ccc(NC(=O)Cn2c3c(sc2=O)[C@H](c2ccc(Br)cc2)C2C(=O)N(c4ccccc4)C(=O)C2S3)cc1. The number of hydrogen-bond acceptors (Lipinski definition) is 7. The van der Waals surface area contributed by atoms with Crippen LogP contribution in [0.3, 0.4) is 0 Å². The monoisotopic (exact) mass is 635 g/mol. The Morgan fingerprint density at radius 3 is 2.33 bits per heavy atom. The van der Waals surface area contributed by atoms with Gasteiger partial charge in [0.25, 0.3) is 0 Å². The molecule has 0 bridgehead atoms. The Balaban J connectivity index is 1.38. The minimum Gasteiger partial charge on any atom is -0.497 e. The van der Waals surface area contributed by atoms with E-state index in [9.17, 15) is 19.2 Å². The summed E-state index contributed by atoms with van der Waals surface area (Å²) < 4.78 is 7.44. The summed E-state index contributed by atoms with van der Waals surface area (Å²) in [4.78, 5) is 55.5. The molecule has 0 spiro atoms. The number of aromatic nitrogens is 1. The van der Waals surface area contributed by atoms with Gasteiger partial charge in [0.05, 0.1) is 23.7 Å². The van der Waals surface area contributed by atoms with E-state index in [-0.39, 0.29) is 29.1 Å². The van der Waals surface area contributed by atoms with E-state index in [1.165, 1.54) is 21.2 Å². The van der Waals surface area contributed by atoms with Crippen molar-refractivity contribution in [2.24, 2.45) is 5.92 Å². The molecule has 6 rings (SSSR count). The van der Waals surface area contributed by atoms with E-state index >= 15 is 0 Å². The molecule has 11 heteroatoms. The van der Waals surface area contributed by atoms with Gasteiger partial charge in [-0.1, -0.05) is 69.4 Å². The normalized spacial score (nSPS) is 19.8. The Kier molecular flexibility index (Phi) is 7.11. The van der Waals surface area contributed by atoms with Crippen LogP contribution in [0.5, 0.6) is 5.75 Å². The minimum atomic E-state index is -0.737. The van der Waals surface area contributed by atoms with E-state index in [1.807, 2.05) is 30.3 Å². The number of carbonyl (C=O) groups is 3. The quantitative estimate of drug-likeness (QED) is 0.296. The fourth-order valence-electron chi connectivity index (χ4n) is 5.13. The Morgan fingerprint density at radius 1 is 0.950 bits per heavy atom. The van der Waals surface area contributed by atoms with Gasteiger partial charge >= 0.3 is 4.87 Å². The smallest absolute Gasteiger partial charge is 0.308 e. The van der Waals surface area contributed by atoms with E-state index in [2.05, 4.69) is 21.2 Å². The molecule has 1 aromatic heterocycles. The van der Waals surface area contributed by atoms with Crippen molar-refractivity contribution in [2.45, 2.75) is 22.7 Å². The number of nitrogens with one attached hydrogen (secondary N) is 1. The molecule has 1 N–H and O–H groups in total. The summed E-state index contributed by atoms with van der Waals surface area (Å²) in [5.41, 5.74) is 1.91. The Hall–Kier alpha value is -3.67. The van der Waals surface area contributed by atoms with Crippen molar-refractivity contribution in [1.29, 1.82) is 0 Å². The first kappa shape index (κ1) is 26.5. The lowest BCUT2D eigenvalue weighted by molar-refractivity contribution is -0.122. The highest BCUT2D eigenvalue weighted by Crippen LogP contribution is 2.53. The van der Waals surface area contributed by atoms with Crippen LogP contribution in [-0.2, 0) is 20.9 Å². The predicted molar refractivity (Wildman–Crippen MR) is 158 cm³/mol. The van der Waals surface area contributed by atoms with Crippen molar-refractivity contribution in [3.8, 4) is 5.75 Å². The number of rotatable bonds is 6. The number of fused-ring (bicyclic) bond motifs is 2. The molecule has 3 heterocycles. The van der Waals surface area contributed by atoms with Gasteiger partial charge in [-0.25, -0.2) is 4.90 Å². The largest absolute Gasteiger partial charge is 0.497 e. The highest BCUT2D eigenvalue weighted by molar-refractivity contribution is 9.10. The molecule has 3 amide bonds. The molecule has 4 aromatic rings. The maximum Gasteiger partial charge on any atom is 0.308 e. The van der Waals surface area contributed by atoms with Gasteiger partial charge in [0.2, 0.25) is 17.7 Å². The molecule has 2 aliphatic heterocycles. The van der Waals surface area contributed by atoms with Crippen LogP contribution in [0.1, 0.15) is 16.4 Å². The number of imide groups is 1. The van der Waals surface area contributed by atoms with Gasteiger partial charge in [-0.3, -0.25) is 23.7 Å². The third-order valence-corrected chi connectivity index (χ3v) is 10.1. The predicted octanol–water partition coefficient (Wildman–Crippen LogP) is 5.12. The number of ether oxygens (including phenoxy) is 1. The van der Waals surface area contributed by atoms with Crippen LogP contribution in [0.15, 0.2) is 93.2 Å². The van der Waals surface area contributed by atoms with Crippen LogP contribution in [0, 0.1) is 5.92 Å². The molecule has 3 atom stereocenters. The van der Waals surface area contributed by atoms with Gasteiger partial charge in [-0.2, -0.15) is 0 Å². The lowest BCUT2D eigenvalue weighted by Gasteiger charge is -2.30. The van der Waals surface area contributed by atoms with Crippen LogP contribution in [0.2, 0.25) is 0 Å². The molecule has 1 saturated heterocycles. The van der Waals surface area contributed by atoms with Crippen LogP contribution < -0.4 is 19.8 Å². The van der Waals surface area contributed by atoms with Crippen molar-refractivity contribution in [1.82, 2.24) is 4.57 Å². The van der Waals surface area contributed by atoms with E-state index in [4.69, 9.17) is 4.74 Å². The summed E-state index contributed by atoms with van der Waals surface area (Å²) in [6, 6.07) is 23.3.